The maximum Gasteiger partial charge on any atom is 0.294 e. The summed E-state index contributed by atoms with van der Waals surface area (Å²) in [7, 11) is 0. The highest BCUT2D eigenvalue weighted by atomic mass is 32.2. The van der Waals surface area contributed by atoms with Gasteiger partial charge in [0.1, 0.15) is 18.9 Å². The van der Waals surface area contributed by atoms with Gasteiger partial charge in [0, 0.05) is 0 Å². The smallest absolute Gasteiger partial charge is 0.294 e. The molecule has 1 aliphatic rings. The number of benzene rings is 1. The number of thioether (sulfide) groups is 1. The number of ether oxygens (including phenoxy) is 2. The monoisotopic (exact) mass is 442 g/mol. The Hall–Kier alpha value is -3.46. The summed E-state index contributed by atoms with van der Waals surface area (Å²) in [6.45, 7) is 6.07. The first-order chi connectivity index (χ1) is 15.0. The highest BCUT2D eigenvalue weighted by Gasteiger charge is 2.36. The van der Waals surface area contributed by atoms with Gasteiger partial charge in [-0.1, -0.05) is 18.7 Å². The third-order valence-electron chi connectivity index (χ3n) is 4.14. The average molecular weight is 442 g/mol. The van der Waals surface area contributed by atoms with Crippen molar-refractivity contribution in [3.63, 3.8) is 0 Å². The van der Waals surface area contributed by atoms with Crippen molar-refractivity contribution in [2.45, 2.75) is 13.5 Å². The van der Waals surface area contributed by atoms with Crippen molar-refractivity contribution in [1.29, 1.82) is 0 Å². The van der Waals surface area contributed by atoms with Gasteiger partial charge < -0.3 is 19.2 Å². The fraction of sp³-hybridized carbons (Fsp3) is 0.227. The number of furan rings is 1. The highest BCUT2D eigenvalue weighted by molar-refractivity contribution is 8.18. The number of imide groups is 1. The van der Waals surface area contributed by atoms with Crippen molar-refractivity contribution in [2.24, 2.45) is 0 Å². The maximum absolute atomic E-state index is 12.7. The van der Waals surface area contributed by atoms with Gasteiger partial charge in [-0.05, 0) is 54.6 Å². The molecule has 0 bridgehead atoms. The second kappa shape index (κ2) is 10.5. The minimum absolute atomic E-state index is 0.179. The molecule has 162 valence electrons. The van der Waals surface area contributed by atoms with E-state index in [4.69, 9.17) is 13.9 Å². The Labute approximate surface area is 183 Å². The molecule has 0 unspecified atom stereocenters. The van der Waals surface area contributed by atoms with Crippen LogP contribution >= 0.6 is 11.8 Å². The Morgan fingerprint density at radius 1 is 1.26 bits per heavy atom. The van der Waals surface area contributed by atoms with E-state index in [0.717, 1.165) is 16.7 Å². The van der Waals surface area contributed by atoms with Crippen molar-refractivity contribution >= 4 is 34.9 Å². The lowest BCUT2D eigenvalue weighted by molar-refractivity contribution is -0.129. The molecule has 0 aliphatic carbocycles. The summed E-state index contributed by atoms with van der Waals surface area (Å²) in [5.74, 6) is 0.679. The molecule has 3 rings (SSSR count). The van der Waals surface area contributed by atoms with Crippen LogP contribution in [0.4, 0.5) is 4.79 Å². The fourth-order valence-corrected chi connectivity index (χ4v) is 3.58. The minimum Gasteiger partial charge on any atom is -0.490 e. The molecule has 1 saturated heterocycles. The van der Waals surface area contributed by atoms with Gasteiger partial charge in [0.2, 0.25) is 5.91 Å². The average Bonchev–Trinajstić information content (AvgIpc) is 3.36. The quantitative estimate of drug-likeness (QED) is 0.443. The van der Waals surface area contributed by atoms with Crippen LogP contribution in [-0.2, 0) is 16.1 Å². The predicted molar refractivity (Wildman–Crippen MR) is 117 cm³/mol. The molecule has 1 aromatic carbocycles. The summed E-state index contributed by atoms with van der Waals surface area (Å²) in [6.07, 6.45) is 4.72. The topological polar surface area (TPSA) is 98.1 Å². The van der Waals surface area contributed by atoms with E-state index in [1.54, 1.807) is 42.5 Å². The zero-order valence-corrected chi connectivity index (χ0v) is 17.8. The van der Waals surface area contributed by atoms with Gasteiger partial charge in [-0.2, -0.15) is 0 Å². The SMILES string of the molecule is C=CCOc1ccc(/C=C2\SC(=O)N(CC(=O)NCc3ccco3)C2=O)cc1OCC. The number of carbonyl (C=O) groups is 3. The van der Waals surface area contributed by atoms with Crippen LogP contribution < -0.4 is 14.8 Å². The van der Waals surface area contributed by atoms with Crippen molar-refractivity contribution < 1.29 is 28.3 Å². The fourth-order valence-electron chi connectivity index (χ4n) is 2.74. The third kappa shape index (κ3) is 5.79. The van der Waals surface area contributed by atoms with Gasteiger partial charge in [-0.15, -0.1) is 0 Å². The number of rotatable bonds is 10. The van der Waals surface area contributed by atoms with Gasteiger partial charge in [-0.3, -0.25) is 19.3 Å². The second-order valence-electron chi connectivity index (χ2n) is 6.36. The van der Waals surface area contributed by atoms with Gasteiger partial charge >= 0.3 is 0 Å². The Bertz CT molecular complexity index is 999. The zero-order valence-electron chi connectivity index (χ0n) is 17.0. The Morgan fingerprint density at radius 3 is 2.81 bits per heavy atom. The Morgan fingerprint density at radius 2 is 2.10 bits per heavy atom. The molecule has 0 saturated carbocycles. The van der Waals surface area contributed by atoms with Crippen LogP contribution in [0.15, 0.2) is 58.6 Å². The molecule has 2 aromatic rings. The largest absolute Gasteiger partial charge is 0.490 e. The van der Waals surface area contributed by atoms with Crippen LogP contribution in [0.5, 0.6) is 11.5 Å². The zero-order chi connectivity index (χ0) is 22.2. The number of carbonyl (C=O) groups excluding carboxylic acids is 3. The summed E-state index contributed by atoms with van der Waals surface area (Å²) in [5, 5.41) is 2.12. The maximum atomic E-state index is 12.7. The highest BCUT2D eigenvalue weighted by Crippen LogP contribution is 2.34. The van der Waals surface area contributed by atoms with Crippen LogP contribution in [-0.4, -0.2) is 41.7 Å². The van der Waals surface area contributed by atoms with Crippen molar-refractivity contribution in [1.82, 2.24) is 10.2 Å². The summed E-state index contributed by atoms with van der Waals surface area (Å²) >= 11 is 0.786. The number of nitrogens with zero attached hydrogens (tertiary/aromatic N) is 1. The first-order valence-electron chi connectivity index (χ1n) is 9.56. The summed E-state index contributed by atoms with van der Waals surface area (Å²) in [6, 6.07) is 8.63. The third-order valence-corrected chi connectivity index (χ3v) is 5.04. The molecule has 1 aromatic heterocycles. The van der Waals surface area contributed by atoms with E-state index < -0.39 is 17.1 Å². The van der Waals surface area contributed by atoms with Gasteiger partial charge in [0.15, 0.2) is 11.5 Å². The molecule has 3 amide bonds. The lowest BCUT2D eigenvalue weighted by Crippen LogP contribution is -2.39. The van der Waals surface area contributed by atoms with E-state index in [9.17, 15) is 14.4 Å². The first-order valence-corrected chi connectivity index (χ1v) is 10.4. The number of hydrogen-bond acceptors (Lipinski definition) is 7. The molecule has 1 N–H and O–H groups in total. The van der Waals surface area contributed by atoms with E-state index in [1.807, 2.05) is 6.92 Å². The molecule has 2 heterocycles. The molecular formula is C22H22N2O6S. The molecule has 1 fully saturated rings. The molecule has 31 heavy (non-hydrogen) atoms. The van der Waals surface area contributed by atoms with Crippen LogP contribution in [0.2, 0.25) is 0 Å². The minimum atomic E-state index is -0.520. The number of hydrogen-bond donors (Lipinski definition) is 1. The van der Waals surface area contributed by atoms with Crippen molar-refractivity contribution in [3.05, 3.63) is 65.5 Å². The van der Waals surface area contributed by atoms with E-state index in [1.165, 1.54) is 6.26 Å². The summed E-state index contributed by atoms with van der Waals surface area (Å²) in [5.41, 5.74) is 0.669. The molecule has 0 atom stereocenters. The predicted octanol–water partition coefficient (Wildman–Crippen LogP) is 3.60. The van der Waals surface area contributed by atoms with E-state index in [2.05, 4.69) is 11.9 Å². The van der Waals surface area contributed by atoms with Gasteiger partial charge in [0.25, 0.3) is 11.1 Å². The van der Waals surface area contributed by atoms with Gasteiger partial charge in [-0.25, -0.2) is 0 Å². The van der Waals surface area contributed by atoms with E-state index in [-0.39, 0.29) is 18.0 Å². The van der Waals surface area contributed by atoms with Gasteiger partial charge in [0.05, 0.1) is 24.3 Å². The molecule has 9 heteroatoms. The molecular weight excluding hydrogens is 420 g/mol. The Kier molecular flexibility index (Phi) is 7.55. The molecule has 8 nitrogen and oxygen atoms in total. The molecule has 0 radical (unpaired) electrons. The second-order valence-corrected chi connectivity index (χ2v) is 7.36. The Balaban J connectivity index is 1.68. The first kappa shape index (κ1) is 22.2. The molecule has 0 spiro atoms. The summed E-state index contributed by atoms with van der Waals surface area (Å²) < 4.78 is 16.3. The normalized spacial score (nSPS) is 14.7. The number of amides is 3. The van der Waals surface area contributed by atoms with Crippen LogP contribution in [0.1, 0.15) is 18.2 Å². The standard InChI is InChI=1S/C22H22N2O6S/c1-3-9-30-17-8-7-15(11-18(17)28-4-2)12-19-21(26)24(22(27)31-19)14-20(25)23-13-16-6-5-10-29-16/h3,5-8,10-12H,1,4,9,13-14H2,2H3,(H,23,25)/b19-12-. The van der Waals surface area contributed by atoms with Crippen molar-refractivity contribution in [3.8, 4) is 11.5 Å². The lowest BCUT2D eigenvalue weighted by Gasteiger charge is -2.12. The molecule has 1 aliphatic heterocycles. The number of nitrogens with one attached hydrogen (secondary N) is 1. The van der Waals surface area contributed by atoms with E-state index >= 15 is 0 Å². The van der Waals surface area contributed by atoms with Crippen LogP contribution in [0.25, 0.3) is 6.08 Å². The summed E-state index contributed by atoms with van der Waals surface area (Å²) in [4.78, 5) is 38.2. The van der Waals surface area contributed by atoms with Crippen LogP contribution in [0, 0.1) is 0 Å². The van der Waals surface area contributed by atoms with Crippen molar-refractivity contribution in [2.75, 3.05) is 19.8 Å². The lowest BCUT2D eigenvalue weighted by atomic mass is 10.2. The van der Waals surface area contributed by atoms with Crippen LogP contribution in [0.3, 0.4) is 0 Å². The van der Waals surface area contributed by atoms with E-state index in [0.29, 0.717) is 36.0 Å².